The quantitative estimate of drug-likeness (QED) is 0.825. The Hall–Kier alpha value is -2.30. The molecule has 1 aliphatic carbocycles. The Bertz CT molecular complexity index is 671. The zero-order valence-corrected chi connectivity index (χ0v) is 15.6. The van der Waals surface area contributed by atoms with Crippen LogP contribution in [-0.4, -0.2) is 42.5 Å². The third-order valence-electron chi connectivity index (χ3n) is 5.28. The van der Waals surface area contributed by atoms with Gasteiger partial charge in [-0.05, 0) is 37.3 Å². The molecule has 1 saturated heterocycles. The van der Waals surface area contributed by atoms with Crippen molar-refractivity contribution in [1.82, 2.24) is 10.2 Å². The highest BCUT2D eigenvalue weighted by Gasteiger charge is 2.40. The number of amides is 2. The van der Waals surface area contributed by atoms with Crippen molar-refractivity contribution in [3.05, 3.63) is 41.7 Å². The van der Waals surface area contributed by atoms with Gasteiger partial charge in [0, 0.05) is 19.5 Å². The maximum atomic E-state index is 12.6. The number of carbonyl (C=O) groups is 2. The summed E-state index contributed by atoms with van der Waals surface area (Å²) in [6.07, 6.45) is 6.08. The molecule has 3 atom stereocenters. The molecule has 0 radical (unpaired) electrons. The largest absolute Gasteiger partial charge is 0.483 e. The summed E-state index contributed by atoms with van der Waals surface area (Å²) < 4.78 is 5.98. The fourth-order valence-corrected chi connectivity index (χ4v) is 3.73. The van der Waals surface area contributed by atoms with Crippen LogP contribution >= 0.6 is 0 Å². The molecule has 3 unspecified atom stereocenters. The molecular weight excluding hydrogens is 328 g/mol. The number of benzene rings is 1. The topological polar surface area (TPSA) is 58.6 Å². The predicted molar refractivity (Wildman–Crippen MR) is 101 cm³/mol. The summed E-state index contributed by atoms with van der Waals surface area (Å²) in [4.78, 5) is 26.9. The molecule has 26 heavy (non-hydrogen) atoms. The standard InChI is InChI=1S/C21H28N2O3/c1-3-4-12-23(2)21(25)16-10-11-18-17(14-16)22-20(24)19(26-18)13-15-8-6-5-7-9-15/h5-9,13,16-18H,3-4,10-12,14H2,1-2H3,(H,22,24)/b19-13-. The van der Waals surface area contributed by atoms with E-state index in [1.165, 1.54) is 0 Å². The third kappa shape index (κ3) is 4.26. The first-order valence-electron chi connectivity index (χ1n) is 9.57. The summed E-state index contributed by atoms with van der Waals surface area (Å²) in [5.74, 6) is 0.336. The number of carbonyl (C=O) groups excluding carboxylic acids is 2. The van der Waals surface area contributed by atoms with E-state index < -0.39 is 0 Å². The van der Waals surface area contributed by atoms with Crippen LogP contribution in [0, 0.1) is 5.92 Å². The highest BCUT2D eigenvalue weighted by atomic mass is 16.5. The van der Waals surface area contributed by atoms with Crippen molar-refractivity contribution in [2.75, 3.05) is 13.6 Å². The van der Waals surface area contributed by atoms with Crippen LogP contribution < -0.4 is 5.32 Å². The molecule has 1 saturated carbocycles. The zero-order valence-electron chi connectivity index (χ0n) is 15.6. The minimum atomic E-state index is -0.192. The van der Waals surface area contributed by atoms with E-state index in [0.29, 0.717) is 12.2 Å². The number of morpholine rings is 1. The lowest BCUT2D eigenvalue weighted by atomic mass is 9.82. The lowest BCUT2D eigenvalue weighted by Crippen LogP contribution is -2.54. The van der Waals surface area contributed by atoms with Crippen molar-refractivity contribution >= 4 is 17.9 Å². The smallest absolute Gasteiger partial charge is 0.286 e. The van der Waals surface area contributed by atoms with Gasteiger partial charge >= 0.3 is 0 Å². The normalized spacial score (nSPS) is 26.6. The van der Waals surface area contributed by atoms with Gasteiger partial charge in [0.2, 0.25) is 5.91 Å². The second-order valence-electron chi connectivity index (χ2n) is 7.28. The monoisotopic (exact) mass is 356 g/mol. The van der Waals surface area contributed by atoms with Crippen LogP contribution in [0.1, 0.15) is 44.6 Å². The van der Waals surface area contributed by atoms with Gasteiger partial charge in [0.05, 0.1) is 6.04 Å². The maximum Gasteiger partial charge on any atom is 0.286 e. The van der Waals surface area contributed by atoms with E-state index in [1.54, 1.807) is 6.08 Å². The first-order chi connectivity index (χ1) is 12.6. The van der Waals surface area contributed by atoms with E-state index in [4.69, 9.17) is 4.74 Å². The van der Waals surface area contributed by atoms with E-state index in [2.05, 4.69) is 12.2 Å². The van der Waals surface area contributed by atoms with Gasteiger partial charge in [0.1, 0.15) is 6.10 Å². The van der Waals surface area contributed by atoms with E-state index in [-0.39, 0.29) is 29.9 Å². The molecule has 0 spiro atoms. The molecule has 2 amide bonds. The number of hydrogen-bond donors (Lipinski definition) is 1. The molecule has 2 aliphatic rings. The van der Waals surface area contributed by atoms with Gasteiger partial charge in [-0.2, -0.15) is 0 Å². The highest BCUT2D eigenvalue weighted by Crippen LogP contribution is 2.32. The van der Waals surface area contributed by atoms with Crippen LogP contribution in [0.2, 0.25) is 0 Å². The van der Waals surface area contributed by atoms with Gasteiger partial charge in [0.15, 0.2) is 5.76 Å². The molecule has 0 bridgehead atoms. The van der Waals surface area contributed by atoms with Crippen LogP contribution in [0.25, 0.3) is 6.08 Å². The van der Waals surface area contributed by atoms with E-state index >= 15 is 0 Å². The molecule has 1 aromatic carbocycles. The molecule has 2 fully saturated rings. The predicted octanol–water partition coefficient (Wildman–Crippen LogP) is 2.97. The number of rotatable bonds is 5. The van der Waals surface area contributed by atoms with Crippen LogP contribution in [0.15, 0.2) is 36.1 Å². The molecule has 1 aromatic rings. The van der Waals surface area contributed by atoms with E-state index in [1.807, 2.05) is 42.3 Å². The number of hydrogen-bond acceptors (Lipinski definition) is 3. The molecule has 1 heterocycles. The van der Waals surface area contributed by atoms with Gasteiger partial charge in [0.25, 0.3) is 5.91 Å². The Morgan fingerprint density at radius 1 is 1.31 bits per heavy atom. The Kier molecular flexibility index (Phi) is 5.96. The van der Waals surface area contributed by atoms with Gasteiger partial charge in [-0.1, -0.05) is 43.7 Å². The minimum absolute atomic E-state index is 0.0262. The van der Waals surface area contributed by atoms with Crippen molar-refractivity contribution in [3.63, 3.8) is 0 Å². The summed E-state index contributed by atoms with van der Waals surface area (Å²) in [6, 6.07) is 9.60. The van der Waals surface area contributed by atoms with Gasteiger partial charge in [-0.15, -0.1) is 0 Å². The fourth-order valence-electron chi connectivity index (χ4n) is 3.73. The number of ether oxygens (including phenoxy) is 1. The van der Waals surface area contributed by atoms with Crippen molar-refractivity contribution in [2.24, 2.45) is 5.92 Å². The van der Waals surface area contributed by atoms with Gasteiger partial charge in [-0.3, -0.25) is 9.59 Å². The summed E-state index contributed by atoms with van der Waals surface area (Å²) in [5.41, 5.74) is 0.942. The van der Waals surface area contributed by atoms with Crippen molar-refractivity contribution in [1.29, 1.82) is 0 Å². The molecule has 0 aromatic heterocycles. The first-order valence-corrected chi connectivity index (χ1v) is 9.57. The second-order valence-corrected chi connectivity index (χ2v) is 7.28. The summed E-state index contributed by atoms with van der Waals surface area (Å²) >= 11 is 0. The number of nitrogens with zero attached hydrogens (tertiary/aromatic N) is 1. The number of nitrogens with one attached hydrogen (secondary N) is 1. The van der Waals surface area contributed by atoms with E-state index in [9.17, 15) is 9.59 Å². The van der Waals surface area contributed by atoms with Crippen molar-refractivity contribution in [3.8, 4) is 0 Å². The lowest BCUT2D eigenvalue weighted by molar-refractivity contribution is -0.140. The SMILES string of the molecule is CCCCN(C)C(=O)C1CCC2O/C(=C\c3ccccc3)C(=O)NC2C1. The highest BCUT2D eigenvalue weighted by molar-refractivity contribution is 5.96. The fraction of sp³-hybridized carbons (Fsp3) is 0.524. The maximum absolute atomic E-state index is 12.6. The molecule has 3 rings (SSSR count). The van der Waals surface area contributed by atoms with Crippen molar-refractivity contribution < 1.29 is 14.3 Å². The summed E-state index contributed by atoms with van der Waals surface area (Å²) in [6.45, 7) is 2.92. The lowest BCUT2D eigenvalue weighted by Gasteiger charge is -2.40. The molecule has 140 valence electrons. The van der Waals surface area contributed by atoms with Crippen LogP contribution in [0.4, 0.5) is 0 Å². The van der Waals surface area contributed by atoms with Crippen LogP contribution in [0.5, 0.6) is 0 Å². The van der Waals surface area contributed by atoms with Crippen LogP contribution in [-0.2, 0) is 14.3 Å². The molecule has 1 N–H and O–H groups in total. The average molecular weight is 356 g/mol. The molecular formula is C21H28N2O3. The number of unbranched alkanes of at least 4 members (excludes halogenated alkanes) is 1. The summed E-state index contributed by atoms with van der Waals surface area (Å²) in [7, 11) is 1.88. The third-order valence-corrected chi connectivity index (χ3v) is 5.28. The Labute approximate surface area is 155 Å². The molecule has 1 aliphatic heterocycles. The Morgan fingerprint density at radius 2 is 2.08 bits per heavy atom. The molecule has 5 nitrogen and oxygen atoms in total. The Morgan fingerprint density at radius 3 is 2.81 bits per heavy atom. The Balaban J connectivity index is 1.62. The zero-order chi connectivity index (χ0) is 18.5. The molecule has 5 heteroatoms. The van der Waals surface area contributed by atoms with Gasteiger partial charge < -0.3 is 15.0 Å². The number of fused-ring (bicyclic) bond motifs is 1. The second kappa shape index (κ2) is 8.39. The first kappa shape index (κ1) is 18.5. The minimum Gasteiger partial charge on any atom is -0.483 e. The van der Waals surface area contributed by atoms with Crippen molar-refractivity contribution in [2.45, 2.75) is 51.2 Å². The van der Waals surface area contributed by atoms with E-state index in [0.717, 1.165) is 37.8 Å². The van der Waals surface area contributed by atoms with Gasteiger partial charge in [-0.25, -0.2) is 0 Å². The average Bonchev–Trinajstić information content (AvgIpc) is 2.66. The summed E-state index contributed by atoms with van der Waals surface area (Å²) in [5, 5.41) is 3.05. The van der Waals surface area contributed by atoms with Crippen LogP contribution in [0.3, 0.4) is 0 Å².